The molecular formula is C13H24N2S. The van der Waals surface area contributed by atoms with Crippen molar-refractivity contribution < 1.29 is 0 Å². The summed E-state index contributed by atoms with van der Waals surface area (Å²) in [4.78, 5) is 5.63. The predicted octanol–water partition coefficient (Wildman–Crippen LogP) is 3.93. The quantitative estimate of drug-likeness (QED) is 0.730. The van der Waals surface area contributed by atoms with Crippen LogP contribution >= 0.6 is 11.3 Å². The van der Waals surface area contributed by atoms with Crippen LogP contribution in [0, 0.1) is 12.8 Å². The minimum absolute atomic E-state index is 0.449. The Morgan fingerprint density at radius 3 is 2.62 bits per heavy atom. The first-order valence-corrected chi connectivity index (χ1v) is 7.07. The number of nitrogens with one attached hydrogen (secondary N) is 1. The zero-order valence-corrected chi connectivity index (χ0v) is 11.7. The van der Waals surface area contributed by atoms with Crippen molar-refractivity contribution in [1.82, 2.24) is 10.3 Å². The molecule has 2 nitrogen and oxygen atoms in total. The van der Waals surface area contributed by atoms with Gasteiger partial charge in [-0.25, -0.2) is 4.98 Å². The molecule has 1 N–H and O–H groups in total. The Bertz CT molecular complexity index is 294. The molecule has 0 fully saturated rings. The minimum atomic E-state index is 0.449. The Hall–Kier alpha value is -0.410. The monoisotopic (exact) mass is 240 g/mol. The highest BCUT2D eigenvalue weighted by molar-refractivity contribution is 7.11. The van der Waals surface area contributed by atoms with E-state index in [0.29, 0.717) is 6.04 Å². The van der Waals surface area contributed by atoms with Crippen LogP contribution in [0.3, 0.4) is 0 Å². The Morgan fingerprint density at radius 2 is 2.06 bits per heavy atom. The van der Waals surface area contributed by atoms with Gasteiger partial charge in [0.1, 0.15) is 0 Å². The van der Waals surface area contributed by atoms with E-state index in [0.717, 1.165) is 17.5 Å². The van der Waals surface area contributed by atoms with E-state index in [1.165, 1.54) is 24.1 Å². The fourth-order valence-corrected chi connectivity index (χ4v) is 2.49. The molecule has 0 spiro atoms. The maximum atomic E-state index is 4.28. The predicted molar refractivity (Wildman–Crippen MR) is 72.0 cm³/mol. The van der Waals surface area contributed by atoms with E-state index >= 15 is 0 Å². The third kappa shape index (κ3) is 5.08. The van der Waals surface area contributed by atoms with Gasteiger partial charge in [-0.3, -0.25) is 0 Å². The average Bonchev–Trinajstić information content (AvgIpc) is 2.63. The average molecular weight is 240 g/mol. The van der Waals surface area contributed by atoms with Gasteiger partial charge in [0, 0.05) is 17.1 Å². The van der Waals surface area contributed by atoms with Gasteiger partial charge in [0.25, 0.3) is 0 Å². The molecule has 0 aliphatic carbocycles. The number of thiazole rings is 1. The number of hydrogen-bond acceptors (Lipinski definition) is 3. The molecule has 1 aromatic heterocycles. The third-order valence-electron chi connectivity index (χ3n) is 2.72. The molecule has 1 rings (SSSR count). The number of aryl methyl sites for hydroxylation is 1. The number of rotatable bonds is 7. The zero-order chi connectivity index (χ0) is 12.0. The molecule has 16 heavy (non-hydrogen) atoms. The van der Waals surface area contributed by atoms with Gasteiger partial charge in [-0.1, -0.05) is 26.7 Å². The molecule has 3 heteroatoms. The summed E-state index contributed by atoms with van der Waals surface area (Å²) in [5, 5.41) is 4.71. The molecule has 0 bridgehead atoms. The molecule has 0 aliphatic heterocycles. The fraction of sp³-hybridized carbons (Fsp3) is 0.769. The minimum Gasteiger partial charge on any atom is -0.309 e. The summed E-state index contributed by atoms with van der Waals surface area (Å²) in [7, 11) is 0. The Kier molecular flexibility index (Phi) is 5.99. The molecule has 0 amide bonds. The van der Waals surface area contributed by atoms with Crippen molar-refractivity contribution in [2.75, 3.05) is 6.54 Å². The number of hydrogen-bond donors (Lipinski definition) is 1. The van der Waals surface area contributed by atoms with E-state index in [2.05, 4.69) is 38.0 Å². The first kappa shape index (κ1) is 13.7. The third-order valence-corrected chi connectivity index (χ3v) is 3.82. The maximum Gasteiger partial charge on any atom is 0.0897 e. The summed E-state index contributed by atoms with van der Waals surface area (Å²) in [6, 6.07) is 0.449. The van der Waals surface area contributed by atoms with E-state index in [1.54, 1.807) is 11.3 Å². The number of nitrogens with zero attached hydrogens (tertiary/aromatic N) is 1. The van der Waals surface area contributed by atoms with Gasteiger partial charge in [-0.05, 0) is 32.7 Å². The van der Waals surface area contributed by atoms with Gasteiger partial charge >= 0.3 is 0 Å². The second kappa shape index (κ2) is 7.02. The zero-order valence-electron chi connectivity index (χ0n) is 10.9. The van der Waals surface area contributed by atoms with Crippen molar-refractivity contribution in [1.29, 1.82) is 0 Å². The molecule has 1 unspecified atom stereocenters. The van der Waals surface area contributed by atoms with Crippen LogP contribution in [-0.2, 0) is 0 Å². The lowest BCUT2D eigenvalue weighted by atomic mass is 10.1. The van der Waals surface area contributed by atoms with Crippen LogP contribution in [0.25, 0.3) is 0 Å². The molecule has 92 valence electrons. The molecule has 0 aliphatic rings. The van der Waals surface area contributed by atoms with Gasteiger partial charge in [-0.2, -0.15) is 0 Å². The smallest absolute Gasteiger partial charge is 0.0897 e. The normalized spacial score (nSPS) is 13.3. The molecule has 1 aromatic rings. The van der Waals surface area contributed by atoms with Crippen molar-refractivity contribution in [3.63, 3.8) is 0 Å². The number of aromatic nitrogens is 1. The van der Waals surface area contributed by atoms with Crippen molar-refractivity contribution in [2.45, 2.75) is 53.0 Å². The van der Waals surface area contributed by atoms with Gasteiger partial charge in [-0.15, -0.1) is 11.3 Å². The number of unbranched alkanes of at least 4 members (excludes halogenated alkanes) is 1. The summed E-state index contributed by atoms with van der Waals surface area (Å²) < 4.78 is 0. The Morgan fingerprint density at radius 1 is 1.31 bits per heavy atom. The van der Waals surface area contributed by atoms with Crippen LogP contribution < -0.4 is 5.32 Å². The second-order valence-corrected chi connectivity index (χ2v) is 6.11. The standard InChI is InChI=1S/C13H24N2S/c1-10(2)7-5-6-8-14-11(3)13-9-15-12(4)16-13/h9-11,14H,5-8H2,1-4H3. The highest BCUT2D eigenvalue weighted by Crippen LogP contribution is 2.19. The first-order valence-electron chi connectivity index (χ1n) is 6.25. The van der Waals surface area contributed by atoms with Gasteiger partial charge in [0.05, 0.1) is 5.01 Å². The summed E-state index contributed by atoms with van der Waals surface area (Å²) in [6.45, 7) is 9.97. The maximum absolute atomic E-state index is 4.28. The van der Waals surface area contributed by atoms with Crippen LogP contribution in [0.4, 0.5) is 0 Å². The van der Waals surface area contributed by atoms with E-state index in [9.17, 15) is 0 Å². The Labute approximate surface area is 103 Å². The molecular weight excluding hydrogens is 216 g/mol. The van der Waals surface area contributed by atoms with Crippen molar-refractivity contribution in [3.8, 4) is 0 Å². The lowest BCUT2D eigenvalue weighted by molar-refractivity contribution is 0.500. The van der Waals surface area contributed by atoms with Crippen LogP contribution in [0.5, 0.6) is 0 Å². The van der Waals surface area contributed by atoms with Crippen LogP contribution in [0.15, 0.2) is 6.20 Å². The van der Waals surface area contributed by atoms with Gasteiger partial charge in [0.2, 0.25) is 0 Å². The molecule has 1 atom stereocenters. The summed E-state index contributed by atoms with van der Waals surface area (Å²) in [5.41, 5.74) is 0. The fourth-order valence-electron chi connectivity index (χ4n) is 1.67. The van der Waals surface area contributed by atoms with E-state index < -0.39 is 0 Å². The molecule has 0 radical (unpaired) electrons. The lowest BCUT2D eigenvalue weighted by Crippen LogP contribution is -2.19. The Balaban J connectivity index is 2.13. The molecule has 1 heterocycles. The van der Waals surface area contributed by atoms with Crippen molar-refractivity contribution in [2.24, 2.45) is 5.92 Å². The van der Waals surface area contributed by atoms with Crippen LogP contribution in [-0.4, -0.2) is 11.5 Å². The molecule has 0 aromatic carbocycles. The summed E-state index contributed by atoms with van der Waals surface area (Å²) >= 11 is 1.79. The molecule has 0 saturated heterocycles. The first-order chi connectivity index (χ1) is 7.59. The second-order valence-electron chi connectivity index (χ2n) is 4.85. The molecule has 0 saturated carbocycles. The largest absolute Gasteiger partial charge is 0.309 e. The summed E-state index contributed by atoms with van der Waals surface area (Å²) in [5.74, 6) is 0.835. The van der Waals surface area contributed by atoms with E-state index in [4.69, 9.17) is 0 Å². The highest BCUT2D eigenvalue weighted by Gasteiger charge is 2.07. The van der Waals surface area contributed by atoms with Crippen molar-refractivity contribution in [3.05, 3.63) is 16.1 Å². The van der Waals surface area contributed by atoms with Gasteiger partial charge in [0.15, 0.2) is 0 Å². The van der Waals surface area contributed by atoms with E-state index in [1.807, 2.05) is 6.20 Å². The van der Waals surface area contributed by atoms with Crippen LogP contribution in [0.1, 0.15) is 56.0 Å². The highest BCUT2D eigenvalue weighted by atomic mass is 32.1. The van der Waals surface area contributed by atoms with Gasteiger partial charge < -0.3 is 5.32 Å². The lowest BCUT2D eigenvalue weighted by Gasteiger charge is -2.11. The van der Waals surface area contributed by atoms with Crippen LogP contribution in [0.2, 0.25) is 0 Å². The SMILES string of the molecule is Cc1ncc(C(C)NCCCCC(C)C)s1. The van der Waals surface area contributed by atoms with Crippen molar-refractivity contribution >= 4 is 11.3 Å². The topological polar surface area (TPSA) is 24.9 Å². The van der Waals surface area contributed by atoms with E-state index in [-0.39, 0.29) is 0 Å². The summed E-state index contributed by atoms with van der Waals surface area (Å²) in [6.07, 6.45) is 5.95.